The van der Waals surface area contributed by atoms with Crippen molar-refractivity contribution in [2.75, 3.05) is 13.2 Å². The minimum Gasteiger partial charge on any atom is -0.494 e. The van der Waals surface area contributed by atoms with Crippen molar-refractivity contribution in [3.63, 3.8) is 0 Å². The monoisotopic (exact) mass is 535 g/mol. The molecule has 40 heavy (non-hydrogen) atoms. The molecule has 1 aromatic heterocycles. The number of benzene rings is 3. The Bertz CT molecular complexity index is 1310. The molecule has 1 fully saturated rings. The van der Waals surface area contributed by atoms with Crippen LogP contribution in [0.3, 0.4) is 0 Å². The van der Waals surface area contributed by atoms with Crippen LogP contribution in [-0.4, -0.2) is 27.6 Å². The third-order valence-electron chi connectivity index (χ3n) is 8.17. The number of aromatic nitrogens is 2. The molecule has 0 spiro atoms. The second kappa shape index (κ2) is 14.3. The Hall–Kier alpha value is -3.37. The van der Waals surface area contributed by atoms with Crippen LogP contribution < -0.4 is 4.74 Å². The van der Waals surface area contributed by atoms with E-state index in [2.05, 4.69) is 108 Å². The van der Waals surface area contributed by atoms with Gasteiger partial charge in [-0.25, -0.2) is 4.98 Å². The molecule has 1 saturated carbocycles. The summed E-state index contributed by atoms with van der Waals surface area (Å²) in [6.07, 6.45) is 9.05. The summed E-state index contributed by atoms with van der Waals surface area (Å²) < 4.78 is 8.58. The Morgan fingerprint density at radius 1 is 0.800 bits per heavy atom. The quantitative estimate of drug-likeness (QED) is 0.171. The highest BCUT2D eigenvalue weighted by molar-refractivity contribution is 5.68. The molecule has 0 aliphatic heterocycles. The first-order valence-electron chi connectivity index (χ1n) is 15.4. The van der Waals surface area contributed by atoms with Crippen LogP contribution in [0, 0.1) is 5.92 Å². The fraction of sp³-hybridized carbons (Fsp3) is 0.417. The molecule has 0 N–H and O–H groups in total. The first-order chi connectivity index (χ1) is 19.8. The highest BCUT2D eigenvalue weighted by atomic mass is 16.5. The predicted octanol–water partition coefficient (Wildman–Crippen LogP) is 9.00. The highest BCUT2D eigenvalue weighted by Gasteiger charge is 2.24. The molecule has 1 aliphatic rings. The molecule has 0 atom stereocenters. The molecule has 0 saturated heterocycles. The molecule has 0 bridgehead atoms. The first-order valence-corrected chi connectivity index (χ1v) is 15.4. The normalized spacial score (nSPS) is 14.1. The average molecular weight is 536 g/mol. The van der Waals surface area contributed by atoms with Crippen LogP contribution >= 0.6 is 0 Å². The van der Waals surface area contributed by atoms with Gasteiger partial charge < -0.3 is 9.30 Å². The summed E-state index contributed by atoms with van der Waals surface area (Å²) >= 11 is 0. The number of para-hydroxylation sites is 1. The van der Waals surface area contributed by atoms with E-state index in [1.807, 2.05) is 0 Å². The number of rotatable bonds is 13. The van der Waals surface area contributed by atoms with Crippen LogP contribution in [0.25, 0.3) is 22.6 Å². The van der Waals surface area contributed by atoms with Gasteiger partial charge in [0.15, 0.2) is 0 Å². The number of ether oxygens (including phenoxy) is 1. The molecule has 4 nitrogen and oxygen atoms in total. The molecule has 5 rings (SSSR count). The van der Waals surface area contributed by atoms with E-state index in [1.165, 1.54) is 54.5 Å². The fourth-order valence-corrected chi connectivity index (χ4v) is 6.14. The lowest BCUT2D eigenvalue weighted by molar-refractivity contribution is 0.181. The summed E-state index contributed by atoms with van der Waals surface area (Å²) in [6.45, 7) is 8.85. The third kappa shape index (κ3) is 7.03. The highest BCUT2D eigenvalue weighted by Crippen LogP contribution is 2.33. The number of nitrogens with zero attached hydrogens (tertiary/aromatic N) is 3. The van der Waals surface area contributed by atoms with E-state index >= 15 is 0 Å². The zero-order chi connectivity index (χ0) is 27.6. The van der Waals surface area contributed by atoms with Crippen LogP contribution in [0.2, 0.25) is 0 Å². The van der Waals surface area contributed by atoms with Gasteiger partial charge in [0.2, 0.25) is 0 Å². The van der Waals surface area contributed by atoms with E-state index in [1.54, 1.807) is 0 Å². The van der Waals surface area contributed by atoms with E-state index in [4.69, 9.17) is 9.72 Å². The lowest BCUT2D eigenvalue weighted by Gasteiger charge is -2.31. The second-order valence-corrected chi connectivity index (χ2v) is 11.2. The van der Waals surface area contributed by atoms with Crippen LogP contribution in [0.4, 0.5) is 0 Å². The maximum absolute atomic E-state index is 6.07. The Balaban J connectivity index is 1.58. The Morgan fingerprint density at radius 2 is 1.48 bits per heavy atom. The van der Waals surface area contributed by atoms with Crippen molar-refractivity contribution in [2.24, 2.45) is 5.92 Å². The topological polar surface area (TPSA) is 30.3 Å². The van der Waals surface area contributed by atoms with Gasteiger partial charge in [-0.3, -0.25) is 4.90 Å². The van der Waals surface area contributed by atoms with Gasteiger partial charge in [-0.1, -0.05) is 111 Å². The molecule has 3 aromatic carbocycles. The van der Waals surface area contributed by atoms with Crippen molar-refractivity contribution in [3.8, 4) is 28.4 Å². The van der Waals surface area contributed by atoms with Crippen molar-refractivity contribution in [2.45, 2.75) is 78.4 Å². The van der Waals surface area contributed by atoms with Gasteiger partial charge >= 0.3 is 0 Å². The van der Waals surface area contributed by atoms with Crippen LogP contribution in [0.1, 0.15) is 70.1 Å². The molecule has 4 heteroatoms. The number of hydrogen-bond donors (Lipinski definition) is 0. The maximum atomic E-state index is 6.07. The lowest BCUT2D eigenvalue weighted by Crippen LogP contribution is -2.31. The molecule has 1 aliphatic carbocycles. The molecule has 210 valence electrons. The van der Waals surface area contributed by atoms with E-state index < -0.39 is 0 Å². The van der Waals surface area contributed by atoms with Crippen molar-refractivity contribution < 1.29 is 4.74 Å². The Morgan fingerprint density at radius 3 is 2.17 bits per heavy atom. The summed E-state index contributed by atoms with van der Waals surface area (Å²) in [4.78, 5) is 8.04. The van der Waals surface area contributed by atoms with Crippen molar-refractivity contribution in [1.29, 1.82) is 0 Å². The van der Waals surface area contributed by atoms with Crippen LogP contribution in [-0.2, 0) is 19.6 Å². The largest absolute Gasteiger partial charge is 0.494 e. The summed E-state index contributed by atoms with van der Waals surface area (Å²) in [5.41, 5.74) is 6.08. The second-order valence-electron chi connectivity index (χ2n) is 11.2. The smallest absolute Gasteiger partial charge is 0.140 e. The zero-order valence-corrected chi connectivity index (χ0v) is 24.4. The van der Waals surface area contributed by atoms with Gasteiger partial charge in [-0.15, -0.1) is 0 Å². The standard InChI is InChI=1S/C36H45N3O/c1-3-5-25-39-33(35(30-19-11-7-12-20-30)37-36(39)31-21-13-8-14-22-31)28-38(26-29-17-9-6-10-18-29)27-32-23-15-16-24-34(32)40-4-2/h7-8,11-16,19-24,29H,3-6,9-10,17-18,25-28H2,1-2H3. The molecule has 0 amide bonds. The van der Waals surface area contributed by atoms with E-state index in [0.29, 0.717) is 6.61 Å². The maximum Gasteiger partial charge on any atom is 0.140 e. The molecule has 4 aromatic rings. The van der Waals surface area contributed by atoms with Gasteiger partial charge in [0.05, 0.1) is 18.0 Å². The molecule has 1 heterocycles. The summed E-state index contributed by atoms with van der Waals surface area (Å²) in [7, 11) is 0. The summed E-state index contributed by atoms with van der Waals surface area (Å²) in [5, 5.41) is 0. The van der Waals surface area contributed by atoms with Gasteiger partial charge in [0.25, 0.3) is 0 Å². The number of unbranched alkanes of at least 4 members (excludes halogenated alkanes) is 1. The van der Waals surface area contributed by atoms with Crippen molar-refractivity contribution >= 4 is 0 Å². The average Bonchev–Trinajstić information content (AvgIpc) is 3.36. The lowest BCUT2D eigenvalue weighted by atomic mass is 9.88. The minimum absolute atomic E-state index is 0.683. The van der Waals surface area contributed by atoms with E-state index in [0.717, 1.165) is 62.2 Å². The van der Waals surface area contributed by atoms with E-state index in [-0.39, 0.29) is 0 Å². The van der Waals surface area contributed by atoms with Crippen molar-refractivity contribution in [3.05, 3.63) is 96.2 Å². The SMILES string of the molecule is CCCCn1c(-c2ccccc2)nc(-c2ccccc2)c1CN(Cc1ccccc1OCC)CC1CCCCC1. The predicted molar refractivity (Wildman–Crippen MR) is 166 cm³/mol. The van der Waals surface area contributed by atoms with Crippen LogP contribution in [0.5, 0.6) is 5.75 Å². The molecular weight excluding hydrogens is 490 g/mol. The van der Waals surface area contributed by atoms with E-state index in [9.17, 15) is 0 Å². The number of imidazole rings is 1. The summed E-state index contributed by atoms with van der Waals surface area (Å²) in [5.74, 6) is 2.83. The third-order valence-corrected chi connectivity index (χ3v) is 8.17. The number of hydrogen-bond acceptors (Lipinski definition) is 3. The summed E-state index contributed by atoms with van der Waals surface area (Å²) in [6, 6.07) is 30.1. The molecular formula is C36H45N3O. The zero-order valence-electron chi connectivity index (χ0n) is 24.4. The van der Waals surface area contributed by atoms with Gasteiger partial charge in [-0.05, 0) is 38.2 Å². The minimum atomic E-state index is 0.683. The Labute approximate surface area is 241 Å². The fourth-order valence-electron chi connectivity index (χ4n) is 6.14. The van der Waals surface area contributed by atoms with Crippen molar-refractivity contribution in [1.82, 2.24) is 14.5 Å². The van der Waals surface area contributed by atoms with Gasteiger partial charge in [0.1, 0.15) is 11.6 Å². The van der Waals surface area contributed by atoms with Gasteiger partial charge in [0, 0.05) is 42.9 Å². The van der Waals surface area contributed by atoms with Crippen LogP contribution in [0.15, 0.2) is 84.9 Å². The molecule has 0 unspecified atom stereocenters. The first kappa shape index (κ1) is 28.2. The molecule has 0 radical (unpaired) electrons. The van der Waals surface area contributed by atoms with Gasteiger partial charge in [-0.2, -0.15) is 0 Å². The Kier molecular flexibility index (Phi) is 10.1.